The van der Waals surface area contributed by atoms with Crippen molar-refractivity contribution in [3.05, 3.63) is 28.5 Å². The second-order valence-corrected chi connectivity index (χ2v) is 4.50. The highest BCUT2D eigenvalue weighted by Gasteiger charge is 2.31. The topological polar surface area (TPSA) is 24.9 Å². The van der Waals surface area contributed by atoms with Crippen LogP contribution in [0.1, 0.15) is 18.9 Å². The fraction of sp³-hybridized carbons (Fsp3) is 0.500. The largest absolute Gasteiger partial charge is 0.310 e. The molecule has 13 heavy (non-hydrogen) atoms. The third kappa shape index (κ3) is 2.51. The highest BCUT2D eigenvalue weighted by molar-refractivity contribution is 9.10. The lowest BCUT2D eigenvalue weighted by atomic mass is 10.3. The number of hydrogen-bond donors (Lipinski definition) is 1. The normalized spacial score (nSPS) is 26.0. The highest BCUT2D eigenvalue weighted by Crippen LogP contribution is 2.29. The van der Waals surface area contributed by atoms with Gasteiger partial charge in [-0.2, -0.15) is 0 Å². The first-order valence-electron chi connectivity index (χ1n) is 4.59. The first-order valence-corrected chi connectivity index (χ1v) is 5.39. The van der Waals surface area contributed by atoms with E-state index in [4.69, 9.17) is 0 Å². The van der Waals surface area contributed by atoms with E-state index in [1.165, 1.54) is 12.0 Å². The summed E-state index contributed by atoms with van der Waals surface area (Å²) in [5.74, 6) is 0.864. The molecule has 1 saturated carbocycles. The maximum atomic E-state index is 4.17. The van der Waals surface area contributed by atoms with Crippen LogP contribution in [0.2, 0.25) is 0 Å². The zero-order valence-electron chi connectivity index (χ0n) is 7.63. The average Bonchev–Trinajstić information content (AvgIpc) is 2.81. The van der Waals surface area contributed by atoms with Crippen LogP contribution >= 0.6 is 15.9 Å². The lowest BCUT2D eigenvalue weighted by Crippen LogP contribution is -2.16. The molecule has 0 aromatic carbocycles. The zero-order chi connectivity index (χ0) is 9.26. The van der Waals surface area contributed by atoms with Crippen LogP contribution in [0.15, 0.2) is 22.9 Å². The first kappa shape index (κ1) is 9.16. The van der Waals surface area contributed by atoms with E-state index in [1.807, 2.05) is 12.3 Å². The third-order valence-electron chi connectivity index (χ3n) is 2.47. The standard InChI is InChI=1S/C10H13BrN2/c1-7-4-9(7)12-5-8-2-3-10(11)13-6-8/h2-3,6-7,9,12H,4-5H2,1H3. The number of rotatable bonds is 3. The van der Waals surface area contributed by atoms with Gasteiger partial charge in [0.15, 0.2) is 0 Å². The molecule has 0 spiro atoms. The monoisotopic (exact) mass is 240 g/mol. The summed E-state index contributed by atoms with van der Waals surface area (Å²) in [6.45, 7) is 3.22. The molecule has 0 amide bonds. The average molecular weight is 241 g/mol. The summed E-state index contributed by atoms with van der Waals surface area (Å²) in [6.07, 6.45) is 3.23. The van der Waals surface area contributed by atoms with E-state index in [2.05, 4.69) is 39.2 Å². The smallest absolute Gasteiger partial charge is 0.106 e. The van der Waals surface area contributed by atoms with Gasteiger partial charge in [-0.15, -0.1) is 0 Å². The molecule has 1 N–H and O–H groups in total. The van der Waals surface area contributed by atoms with E-state index >= 15 is 0 Å². The van der Waals surface area contributed by atoms with Crippen molar-refractivity contribution in [1.82, 2.24) is 10.3 Å². The Morgan fingerprint density at radius 2 is 2.38 bits per heavy atom. The number of aromatic nitrogens is 1. The van der Waals surface area contributed by atoms with Crippen LogP contribution in [0.4, 0.5) is 0 Å². The lowest BCUT2D eigenvalue weighted by Gasteiger charge is -2.02. The quantitative estimate of drug-likeness (QED) is 0.821. The molecule has 1 aromatic heterocycles. The van der Waals surface area contributed by atoms with Gasteiger partial charge in [-0.05, 0) is 39.9 Å². The predicted molar refractivity (Wildman–Crippen MR) is 56.3 cm³/mol. The Balaban J connectivity index is 1.84. The molecule has 1 aliphatic rings. The van der Waals surface area contributed by atoms with Crippen LogP contribution in [0.5, 0.6) is 0 Å². The maximum Gasteiger partial charge on any atom is 0.106 e. The summed E-state index contributed by atoms with van der Waals surface area (Å²) in [4.78, 5) is 4.17. The van der Waals surface area contributed by atoms with E-state index < -0.39 is 0 Å². The molecule has 2 rings (SSSR count). The Bertz CT molecular complexity index is 283. The Morgan fingerprint density at radius 1 is 1.62 bits per heavy atom. The predicted octanol–water partition coefficient (Wildman–Crippen LogP) is 2.34. The number of halogens is 1. The summed E-state index contributed by atoms with van der Waals surface area (Å²) in [5.41, 5.74) is 1.25. The second kappa shape index (κ2) is 3.76. The summed E-state index contributed by atoms with van der Waals surface area (Å²) >= 11 is 3.32. The Kier molecular flexibility index (Phi) is 2.65. The van der Waals surface area contributed by atoms with Gasteiger partial charge in [-0.25, -0.2) is 4.98 Å². The molecule has 1 aromatic rings. The Labute approximate surface area is 86.9 Å². The first-order chi connectivity index (χ1) is 6.25. The molecule has 3 heteroatoms. The molecule has 1 fully saturated rings. The van der Waals surface area contributed by atoms with Gasteiger partial charge in [0, 0.05) is 18.8 Å². The number of nitrogens with zero attached hydrogens (tertiary/aromatic N) is 1. The zero-order valence-corrected chi connectivity index (χ0v) is 9.21. The van der Waals surface area contributed by atoms with E-state index in [1.54, 1.807) is 0 Å². The second-order valence-electron chi connectivity index (χ2n) is 3.69. The van der Waals surface area contributed by atoms with Crippen molar-refractivity contribution in [1.29, 1.82) is 0 Å². The molecular formula is C10H13BrN2. The van der Waals surface area contributed by atoms with Gasteiger partial charge in [-0.3, -0.25) is 0 Å². The van der Waals surface area contributed by atoms with Crippen LogP contribution in [0.3, 0.4) is 0 Å². The van der Waals surface area contributed by atoms with Gasteiger partial charge in [0.2, 0.25) is 0 Å². The minimum atomic E-state index is 0.739. The van der Waals surface area contributed by atoms with Crippen molar-refractivity contribution < 1.29 is 0 Å². The van der Waals surface area contributed by atoms with E-state index in [0.717, 1.165) is 23.1 Å². The SMILES string of the molecule is CC1CC1NCc1ccc(Br)nc1. The van der Waals surface area contributed by atoms with Crippen LogP contribution in [0.25, 0.3) is 0 Å². The van der Waals surface area contributed by atoms with E-state index in [-0.39, 0.29) is 0 Å². The van der Waals surface area contributed by atoms with E-state index in [9.17, 15) is 0 Å². The molecule has 0 radical (unpaired) electrons. The molecule has 0 bridgehead atoms. The van der Waals surface area contributed by atoms with Gasteiger partial charge in [-0.1, -0.05) is 13.0 Å². The summed E-state index contributed by atoms with van der Waals surface area (Å²) in [6, 6.07) is 4.81. The van der Waals surface area contributed by atoms with Gasteiger partial charge in [0.05, 0.1) is 0 Å². The fourth-order valence-corrected chi connectivity index (χ4v) is 1.60. The van der Waals surface area contributed by atoms with Crippen molar-refractivity contribution >= 4 is 15.9 Å². The summed E-state index contributed by atoms with van der Waals surface area (Å²) in [7, 11) is 0. The molecule has 2 nitrogen and oxygen atoms in total. The molecule has 70 valence electrons. The molecule has 0 saturated heterocycles. The fourth-order valence-electron chi connectivity index (χ4n) is 1.37. The minimum Gasteiger partial charge on any atom is -0.310 e. The summed E-state index contributed by atoms with van der Waals surface area (Å²) < 4.78 is 0.899. The molecule has 2 atom stereocenters. The molecule has 1 heterocycles. The van der Waals surface area contributed by atoms with Crippen molar-refractivity contribution in [3.63, 3.8) is 0 Å². The maximum absolute atomic E-state index is 4.17. The number of hydrogen-bond acceptors (Lipinski definition) is 2. The molecular weight excluding hydrogens is 228 g/mol. The molecule has 0 aliphatic heterocycles. The minimum absolute atomic E-state index is 0.739. The third-order valence-corrected chi connectivity index (χ3v) is 2.94. The highest BCUT2D eigenvalue weighted by atomic mass is 79.9. The molecule has 1 aliphatic carbocycles. The van der Waals surface area contributed by atoms with E-state index in [0.29, 0.717) is 0 Å². The Hall–Kier alpha value is -0.410. The lowest BCUT2D eigenvalue weighted by molar-refractivity contribution is 0.651. The van der Waals surface area contributed by atoms with Crippen molar-refractivity contribution in [2.24, 2.45) is 5.92 Å². The van der Waals surface area contributed by atoms with Crippen LogP contribution in [0, 0.1) is 5.92 Å². The Morgan fingerprint density at radius 3 is 2.92 bits per heavy atom. The van der Waals surface area contributed by atoms with Gasteiger partial charge < -0.3 is 5.32 Å². The number of pyridine rings is 1. The van der Waals surface area contributed by atoms with Crippen LogP contribution < -0.4 is 5.32 Å². The van der Waals surface area contributed by atoms with Gasteiger partial charge in [0.25, 0.3) is 0 Å². The number of nitrogens with one attached hydrogen (secondary N) is 1. The van der Waals surface area contributed by atoms with Gasteiger partial charge in [0.1, 0.15) is 4.60 Å². The van der Waals surface area contributed by atoms with Crippen molar-refractivity contribution in [2.45, 2.75) is 25.9 Å². The van der Waals surface area contributed by atoms with Crippen LogP contribution in [-0.2, 0) is 6.54 Å². The van der Waals surface area contributed by atoms with Crippen molar-refractivity contribution in [3.8, 4) is 0 Å². The van der Waals surface area contributed by atoms with Crippen LogP contribution in [-0.4, -0.2) is 11.0 Å². The van der Waals surface area contributed by atoms with Gasteiger partial charge >= 0.3 is 0 Å². The summed E-state index contributed by atoms with van der Waals surface area (Å²) in [5, 5.41) is 3.49. The van der Waals surface area contributed by atoms with Crippen molar-refractivity contribution in [2.75, 3.05) is 0 Å². The molecule has 2 unspecified atom stereocenters.